The molecule has 1 fully saturated rings. The standard InChI is InChI=1S/C25H29F5N4O9S/c1-24(2,25(28,29)30)43-23(37)31-15-3-6-19-17(9-15)34(10-16(42-19)4-5-18(36)14-12-40-13-14)44(38,39)20-11-33(22(26)27)32-21(20)41-8-7-35/h3,6,9,11,14,16,22,35H,4-5,7-8,10,12-13H2,1-2H3,(H,31,37)/t16-/m0/s1. The van der Waals surface area contributed by atoms with Crippen LogP contribution in [-0.2, 0) is 24.3 Å². The number of ketones is 1. The molecule has 1 saturated heterocycles. The minimum atomic E-state index is -4.89. The average Bonchev–Trinajstić information content (AvgIpc) is 3.34. The highest BCUT2D eigenvalue weighted by Crippen LogP contribution is 2.41. The number of sulfonamides is 1. The SMILES string of the molecule is CC(C)(OC(=O)Nc1ccc2c(c1)N(S(=O)(=O)c1cn(C(F)F)nc1OCCO)C[C@H](CCC(=O)C1COC1)O2)C(F)(F)F. The maximum Gasteiger partial charge on any atom is 0.427 e. The van der Waals surface area contributed by atoms with Gasteiger partial charge in [-0.25, -0.2) is 17.9 Å². The topological polar surface area (TPSA) is 159 Å². The highest BCUT2D eigenvalue weighted by molar-refractivity contribution is 7.93. The van der Waals surface area contributed by atoms with Gasteiger partial charge in [0.15, 0.2) is 4.90 Å². The van der Waals surface area contributed by atoms with Crippen molar-refractivity contribution < 1.29 is 64.0 Å². The van der Waals surface area contributed by atoms with Gasteiger partial charge in [0.05, 0.1) is 44.2 Å². The van der Waals surface area contributed by atoms with Crippen molar-refractivity contribution in [3.8, 4) is 11.6 Å². The molecule has 1 aromatic heterocycles. The Kier molecular flexibility index (Phi) is 9.60. The number of carbonyl (C=O) groups excluding carboxylic acids is 2. The zero-order valence-electron chi connectivity index (χ0n) is 23.3. The lowest BCUT2D eigenvalue weighted by Crippen LogP contribution is -2.45. The van der Waals surface area contributed by atoms with Crippen molar-refractivity contribution in [3.63, 3.8) is 0 Å². The Balaban J connectivity index is 1.68. The number of amides is 1. The van der Waals surface area contributed by atoms with Crippen LogP contribution in [0.4, 0.5) is 38.1 Å². The number of hydrogen-bond donors (Lipinski definition) is 2. The summed E-state index contributed by atoms with van der Waals surface area (Å²) < 4.78 is 116. The van der Waals surface area contributed by atoms with Crippen LogP contribution in [0.15, 0.2) is 29.3 Å². The minimum absolute atomic E-state index is 0.0244. The summed E-state index contributed by atoms with van der Waals surface area (Å²) in [5, 5.41) is 14.7. The van der Waals surface area contributed by atoms with E-state index in [-0.39, 0.29) is 59.6 Å². The molecule has 1 aromatic carbocycles. The lowest BCUT2D eigenvalue weighted by molar-refractivity contribution is -0.242. The molecule has 1 amide bonds. The van der Waals surface area contributed by atoms with Crippen LogP contribution < -0.4 is 19.1 Å². The number of aliphatic hydroxyl groups is 1. The first kappa shape index (κ1) is 33.2. The van der Waals surface area contributed by atoms with Gasteiger partial charge in [-0.05, 0) is 38.5 Å². The van der Waals surface area contributed by atoms with Gasteiger partial charge in [0.1, 0.15) is 24.2 Å². The number of benzene rings is 1. The van der Waals surface area contributed by atoms with E-state index < -0.39 is 71.1 Å². The van der Waals surface area contributed by atoms with Crippen molar-refractivity contribution in [3.05, 3.63) is 24.4 Å². The second-order valence-electron chi connectivity index (χ2n) is 10.3. The zero-order chi connectivity index (χ0) is 32.4. The summed E-state index contributed by atoms with van der Waals surface area (Å²) in [6.07, 6.45) is -6.65. The number of Topliss-reactive ketones (excluding diaryl/α,β-unsaturated/α-hetero) is 1. The molecule has 0 saturated carbocycles. The molecule has 19 heteroatoms. The molecular formula is C25H29F5N4O9S. The number of fused-ring (bicyclic) bond motifs is 1. The Morgan fingerprint density at radius 2 is 1.93 bits per heavy atom. The van der Waals surface area contributed by atoms with Crippen molar-refractivity contribution in [2.75, 3.05) is 42.6 Å². The van der Waals surface area contributed by atoms with Gasteiger partial charge < -0.3 is 24.1 Å². The first-order chi connectivity index (χ1) is 20.5. The highest BCUT2D eigenvalue weighted by Gasteiger charge is 2.51. The molecule has 2 aliphatic heterocycles. The van der Waals surface area contributed by atoms with E-state index in [9.17, 15) is 40.0 Å². The van der Waals surface area contributed by atoms with E-state index in [0.29, 0.717) is 20.0 Å². The number of aromatic nitrogens is 2. The van der Waals surface area contributed by atoms with Gasteiger partial charge in [0, 0.05) is 12.1 Å². The summed E-state index contributed by atoms with van der Waals surface area (Å²) in [4.78, 5) is 23.9. The highest BCUT2D eigenvalue weighted by atomic mass is 32.2. The number of nitrogens with one attached hydrogen (secondary N) is 1. The summed E-state index contributed by atoms with van der Waals surface area (Å²) >= 11 is 0. The molecule has 2 N–H and O–H groups in total. The fourth-order valence-corrected chi connectivity index (χ4v) is 5.69. The average molecular weight is 657 g/mol. The van der Waals surface area contributed by atoms with Crippen molar-refractivity contribution in [1.82, 2.24) is 9.78 Å². The predicted octanol–water partition coefficient (Wildman–Crippen LogP) is 3.49. The number of aliphatic hydroxyl groups excluding tert-OH is 1. The van der Waals surface area contributed by atoms with Gasteiger partial charge in [0.2, 0.25) is 5.60 Å². The number of halogens is 5. The molecule has 0 unspecified atom stereocenters. The second kappa shape index (κ2) is 12.7. The number of nitrogens with zero attached hydrogens (tertiary/aromatic N) is 3. The molecule has 3 heterocycles. The zero-order valence-corrected chi connectivity index (χ0v) is 24.2. The van der Waals surface area contributed by atoms with Crippen molar-refractivity contribution >= 4 is 33.3 Å². The Morgan fingerprint density at radius 3 is 2.52 bits per heavy atom. The van der Waals surface area contributed by atoms with E-state index in [2.05, 4.69) is 15.2 Å². The molecule has 2 aromatic rings. The molecule has 244 valence electrons. The summed E-state index contributed by atoms with van der Waals surface area (Å²) in [6.45, 7) is -2.90. The number of anilines is 2. The normalized spacial score (nSPS) is 17.5. The van der Waals surface area contributed by atoms with Crippen LogP contribution in [-0.4, -0.2) is 86.0 Å². The summed E-state index contributed by atoms with van der Waals surface area (Å²) in [6, 6.07) is 3.53. The Morgan fingerprint density at radius 1 is 1.23 bits per heavy atom. The molecule has 13 nitrogen and oxygen atoms in total. The maximum absolute atomic E-state index is 14.0. The van der Waals surface area contributed by atoms with Gasteiger partial charge in [0.25, 0.3) is 15.9 Å². The third kappa shape index (κ3) is 7.15. The smallest absolute Gasteiger partial charge is 0.427 e. The van der Waals surface area contributed by atoms with E-state index in [0.717, 1.165) is 10.4 Å². The molecule has 0 radical (unpaired) electrons. The number of rotatable bonds is 12. The minimum Gasteiger partial charge on any atom is -0.486 e. The van der Waals surface area contributed by atoms with E-state index >= 15 is 0 Å². The summed E-state index contributed by atoms with van der Waals surface area (Å²) in [5.74, 6) is -1.18. The molecule has 2 aliphatic rings. The number of carbonyl (C=O) groups is 2. The van der Waals surface area contributed by atoms with Crippen LogP contribution in [0.1, 0.15) is 33.2 Å². The first-order valence-corrected chi connectivity index (χ1v) is 14.6. The van der Waals surface area contributed by atoms with Crippen LogP contribution in [0.2, 0.25) is 0 Å². The molecular weight excluding hydrogens is 627 g/mol. The van der Waals surface area contributed by atoms with Crippen molar-refractivity contribution in [2.24, 2.45) is 5.92 Å². The van der Waals surface area contributed by atoms with Gasteiger partial charge in [-0.3, -0.25) is 14.4 Å². The lowest BCUT2D eigenvalue weighted by atomic mass is 9.97. The van der Waals surface area contributed by atoms with Gasteiger partial charge in [-0.2, -0.15) is 22.0 Å². The monoisotopic (exact) mass is 656 g/mol. The second-order valence-corrected chi connectivity index (χ2v) is 12.2. The molecule has 0 spiro atoms. The van der Waals surface area contributed by atoms with Gasteiger partial charge >= 0.3 is 18.8 Å². The van der Waals surface area contributed by atoms with Gasteiger partial charge in [-0.1, -0.05) is 0 Å². The first-order valence-electron chi connectivity index (χ1n) is 13.1. The largest absolute Gasteiger partial charge is 0.486 e. The third-order valence-electron chi connectivity index (χ3n) is 6.74. The van der Waals surface area contributed by atoms with Crippen LogP contribution >= 0.6 is 0 Å². The van der Waals surface area contributed by atoms with Crippen LogP contribution in [0.3, 0.4) is 0 Å². The maximum atomic E-state index is 14.0. The van der Waals surface area contributed by atoms with Crippen molar-refractivity contribution in [2.45, 2.75) is 56.0 Å². The predicted molar refractivity (Wildman–Crippen MR) is 140 cm³/mol. The number of alkyl halides is 5. The number of ether oxygens (including phenoxy) is 4. The molecule has 44 heavy (non-hydrogen) atoms. The Bertz CT molecular complexity index is 1480. The van der Waals surface area contributed by atoms with Crippen LogP contribution in [0, 0.1) is 5.92 Å². The van der Waals surface area contributed by atoms with Crippen LogP contribution in [0.25, 0.3) is 0 Å². The van der Waals surface area contributed by atoms with E-state index in [1.165, 1.54) is 12.1 Å². The Hall–Kier alpha value is -3.71. The third-order valence-corrected chi connectivity index (χ3v) is 8.50. The molecule has 1 atom stereocenters. The quantitative estimate of drug-likeness (QED) is 0.324. The molecule has 0 aliphatic carbocycles. The summed E-state index contributed by atoms with van der Waals surface area (Å²) in [7, 11) is -4.79. The van der Waals surface area contributed by atoms with E-state index in [4.69, 9.17) is 19.3 Å². The molecule has 4 rings (SSSR count). The van der Waals surface area contributed by atoms with E-state index in [1.54, 1.807) is 0 Å². The van der Waals surface area contributed by atoms with Crippen molar-refractivity contribution in [1.29, 1.82) is 0 Å². The van der Waals surface area contributed by atoms with Crippen LogP contribution in [0.5, 0.6) is 11.6 Å². The summed E-state index contributed by atoms with van der Waals surface area (Å²) in [5.41, 5.74) is -3.25. The Labute approximate surface area is 247 Å². The fourth-order valence-electron chi connectivity index (χ4n) is 4.13. The molecule has 0 bridgehead atoms. The van der Waals surface area contributed by atoms with Gasteiger partial charge in [-0.15, -0.1) is 5.10 Å². The van der Waals surface area contributed by atoms with E-state index in [1.807, 2.05) is 0 Å². The number of hydrogen-bond acceptors (Lipinski definition) is 10. The fraction of sp³-hybridized carbons (Fsp3) is 0.560. The lowest BCUT2D eigenvalue weighted by Gasteiger charge is -2.36.